The van der Waals surface area contributed by atoms with Gasteiger partial charge in [0.1, 0.15) is 6.07 Å². The lowest BCUT2D eigenvalue weighted by Crippen LogP contribution is -2.20. The number of aromatic nitrogens is 1. The van der Waals surface area contributed by atoms with E-state index in [0.717, 1.165) is 0 Å². The second-order valence-electron chi connectivity index (χ2n) is 3.17. The lowest BCUT2D eigenvalue weighted by molar-refractivity contribution is 0.259. The van der Waals surface area contributed by atoms with E-state index >= 15 is 0 Å². The number of carbonyl (C=O) groups excluding carboxylic acids is 1. The van der Waals surface area contributed by atoms with Gasteiger partial charge in [-0.2, -0.15) is 5.26 Å². The predicted molar refractivity (Wildman–Crippen MR) is 59.7 cm³/mol. The van der Waals surface area contributed by atoms with Crippen LogP contribution in [0.5, 0.6) is 0 Å². The molecule has 2 aromatic rings. The fourth-order valence-electron chi connectivity index (χ4n) is 1.48. The number of amides is 2. The highest BCUT2D eigenvalue weighted by Crippen LogP contribution is 2.24. The molecule has 0 aliphatic heterocycles. The third kappa shape index (κ3) is 1.64. The van der Waals surface area contributed by atoms with E-state index in [-0.39, 0.29) is 5.56 Å². The third-order valence-electron chi connectivity index (χ3n) is 2.14. The van der Waals surface area contributed by atoms with Crippen LogP contribution in [0.3, 0.4) is 0 Å². The van der Waals surface area contributed by atoms with Crippen molar-refractivity contribution in [3.8, 4) is 6.07 Å². The molecule has 78 valence electrons. The Labute approximate surface area is 91.5 Å². The van der Waals surface area contributed by atoms with Crippen molar-refractivity contribution in [1.82, 2.24) is 4.98 Å². The van der Waals surface area contributed by atoms with Crippen molar-refractivity contribution in [3.63, 3.8) is 0 Å². The van der Waals surface area contributed by atoms with Gasteiger partial charge in [0.05, 0.1) is 16.8 Å². The van der Waals surface area contributed by atoms with E-state index in [1.165, 1.54) is 6.20 Å². The highest BCUT2D eigenvalue weighted by molar-refractivity contribution is 6.01. The number of nitriles is 1. The maximum atomic E-state index is 10.9. The molecule has 5 heteroatoms. The number of urea groups is 1. The average Bonchev–Trinajstić information content (AvgIpc) is 2.29. The van der Waals surface area contributed by atoms with E-state index in [1.54, 1.807) is 18.2 Å². The number of hydrogen-bond donors (Lipinski definition) is 2. The molecule has 2 amide bonds. The number of hydrogen-bond acceptors (Lipinski definition) is 3. The number of carbonyl (C=O) groups is 1. The first-order valence-corrected chi connectivity index (χ1v) is 4.56. The number of nitrogens with two attached hydrogens (primary N) is 1. The normalized spacial score (nSPS) is 9.69. The van der Waals surface area contributed by atoms with Crippen LogP contribution in [0.4, 0.5) is 10.5 Å². The summed E-state index contributed by atoms with van der Waals surface area (Å²) in [5.74, 6) is 0. The Balaban J connectivity index is 2.74. The lowest BCUT2D eigenvalue weighted by Gasteiger charge is -2.07. The van der Waals surface area contributed by atoms with Crippen LogP contribution in [-0.4, -0.2) is 11.0 Å². The van der Waals surface area contributed by atoms with Gasteiger partial charge in [-0.05, 0) is 6.07 Å². The maximum Gasteiger partial charge on any atom is 0.316 e. The number of rotatable bonds is 1. The van der Waals surface area contributed by atoms with Crippen LogP contribution < -0.4 is 11.1 Å². The van der Waals surface area contributed by atoms with E-state index in [1.807, 2.05) is 12.1 Å². The number of pyridine rings is 1. The molecular formula is C11H8N4O. The first-order valence-electron chi connectivity index (χ1n) is 4.56. The van der Waals surface area contributed by atoms with Crippen LogP contribution in [0.2, 0.25) is 0 Å². The van der Waals surface area contributed by atoms with Gasteiger partial charge in [0.25, 0.3) is 0 Å². The predicted octanol–water partition coefficient (Wildman–Crippen LogP) is 1.60. The summed E-state index contributed by atoms with van der Waals surface area (Å²) in [7, 11) is 0. The summed E-state index contributed by atoms with van der Waals surface area (Å²) in [6.07, 6.45) is 1.41. The van der Waals surface area contributed by atoms with E-state index < -0.39 is 6.03 Å². The van der Waals surface area contributed by atoms with Gasteiger partial charge in [-0.15, -0.1) is 0 Å². The molecule has 0 radical (unpaired) electrons. The minimum absolute atomic E-state index is 0.289. The van der Waals surface area contributed by atoms with Crippen LogP contribution in [0.15, 0.2) is 30.5 Å². The summed E-state index contributed by atoms with van der Waals surface area (Å²) in [5.41, 5.74) is 6.45. The first-order chi connectivity index (χ1) is 7.72. The Morgan fingerprint density at radius 3 is 2.88 bits per heavy atom. The van der Waals surface area contributed by atoms with Gasteiger partial charge in [-0.25, -0.2) is 4.79 Å². The van der Waals surface area contributed by atoms with Crippen LogP contribution in [0, 0.1) is 11.3 Å². The molecular weight excluding hydrogens is 204 g/mol. The van der Waals surface area contributed by atoms with E-state index in [0.29, 0.717) is 16.6 Å². The van der Waals surface area contributed by atoms with Gasteiger partial charge in [-0.1, -0.05) is 18.2 Å². The van der Waals surface area contributed by atoms with Crippen LogP contribution >= 0.6 is 0 Å². The van der Waals surface area contributed by atoms with Crippen molar-refractivity contribution < 1.29 is 4.79 Å². The number of primary amides is 1. The zero-order chi connectivity index (χ0) is 11.5. The topological polar surface area (TPSA) is 91.8 Å². The second kappa shape index (κ2) is 3.87. The zero-order valence-electron chi connectivity index (χ0n) is 8.27. The summed E-state index contributed by atoms with van der Waals surface area (Å²) in [6, 6.07) is 8.46. The van der Waals surface area contributed by atoms with E-state index in [4.69, 9.17) is 11.0 Å². The van der Waals surface area contributed by atoms with Gasteiger partial charge in [0, 0.05) is 11.6 Å². The number of para-hydroxylation sites is 1. The molecule has 0 aliphatic rings. The van der Waals surface area contributed by atoms with Crippen LogP contribution in [-0.2, 0) is 0 Å². The van der Waals surface area contributed by atoms with Crippen molar-refractivity contribution in [1.29, 1.82) is 5.26 Å². The lowest BCUT2D eigenvalue weighted by atomic mass is 10.1. The summed E-state index contributed by atoms with van der Waals surface area (Å²) < 4.78 is 0. The molecule has 0 saturated heterocycles. The number of fused-ring (bicyclic) bond motifs is 1. The Kier molecular flexibility index (Phi) is 2.40. The highest BCUT2D eigenvalue weighted by Gasteiger charge is 2.09. The molecule has 2 rings (SSSR count). The average molecular weight is 212 g/mol. The summed E-state index contributed by atoms with van der Waals surface area (Å²) in [4.78, 5) is 15.0. The summed E-state index contributed by atoms with van der Waals surface area (Å²) in [5, 5.41) is 12.0. The minimum Gasteiger partial charge on any atom is -0.351 e. The van der Waals surface area contributed by atoms with Crippen LogP contribution in [0.1, 0.15) is 5.56 Å². The van der Waals surface area contributed by atoms with Crippen molar-refractivity contribution in [3.05, 3.63) is 36.0 Å². The Hall–Kier alpha value is -2.61. The van der Waals surface area contributed by atoms with Crippen molar-refractivity contribution in [2.75, 3.05) is 5.32 Å². The van der Waals surface area contributed by atoms with E-state index in [9.17, 15) is 4.79 Å². The standard InChI is InChI=1S/C11H8N4O/c12-5-7-6-14-9-4-2-1-3-8(9)10(7)15-11(13)16/h1-4,6H,(H3,13,14,15,16). The fourth-order valence-corrected chi connectivity index (χ4v) is 1.48. The van der Waals surface area contributed by atoms with Crippen molar-refractivity contribution in [2.45, 2.75) is 0 Å². The van der Waals surface area contributed by atoms with Gasteiger partial charge in [0.2, 0.25) is 0 Å². The number of nitrogens with zero attached hydrogens (tertiary/aromatic N) is 2. The molecule has 0 aliphatic carbocycles. The van der Waals surface area contributed by atoms with Gasteiger partial charge in [-0.3, -0.25) is 4.98 Å². The molecule has 3 N–H and O–H groups in total. The monoisotopic (exact) mass is 212 g/mol. The minimum atomic E-state index is -0.701. The maximum absolute atomic E-state index is 10.9. The molecule has 0 bridgehead atoms. The zero-order valence-corrected chi connectivity index (χ0v) is 8.27. The Morgan fingerprint density at radius 1 is 1.44 bits per heavy atom. The van der Waals surface area contributed by atoms with Gasteiger partial charge in [0.15, 0.2) is 0 Å². The molecule has 1 aromatic heterocycles. The molecule has 1 heterocycles. The summed E-state index contributed by atoms with van der Waals surface area (Å²) in [6.45, 7) is 0. The Bertz CT molecular complexity index is 600. The largest absolute Gasteiger partial charge is 0.351 e. The van der Waals surface area contributed by atoms with Gasteiger partial charge < -0.3 is 11.1 Å². The summed E-state index contributed by atoms with van der Waals surface area (Å²) >= 11 is 0. The second-order valence-corrected chi connectivity index (χ2v) is 3.17. The number of benzene rings is 1. The van der Waals surface area contributed by atoms with Crippen molar-refractivity contribution in [2.24, 2.45) is 5.73 Å². The third-order valence-corrected chi connectivity index (χ3v) is 2.14. The molecule has 16 heavy (non-hydrogen) atoms. The van der Waals surface area contributed by atoms with Crippen LogP contribution in [0.25, 0.3) is 10.9 Å². The molecule has 0 unspecified atom stereocenters. The quantitative estimate of drug-likeness (QED) is 0.751. The smallest absolute Gasteiger partial charge is 0.316 e. The Morgan fingerprint density at radius 2 is 2.19 bits per heavy atom. The molecule has 1 aromatic carbocycles. The molecule has 0 saturated carbocycles. The molecule has 5 nitrogen and oxygen atoms in total. The molecule has 0 fully saturated rings. The SMILES string of the molecule is N#Cc1cnc2ccccc2c1NC(N)=O. The van der Waals surface area contributed by atoms with Crippen molar-refractivity contribution >= 4 is 22.6 Å². The van der Waals surface area contributed by atoms with E-state index in [2.05, 4.69) is 10.3 Å². The number of anilines is 1. The first kappa shape index (κ1) is 9.93. The number of nitrogens with one attached hydrogen (secondary N) is 1. The van der Waals surface area contributed by atoms with Gasteiger partial charge >= 0.3 is 6.03 Å². The molecule has 0 atom stereocenters. The molecule has 0 spiro atoms. The highest BCUT2D eigenvalue weighted by atomic mass is 16.2. The fraction of sp³-hybridized carbons (Fsp3) is 0.